The summed E-state index contributed by atoms with van der Waals surface area (Å²) in [4.78, 5) is 18.1. The lowest BCUT2D eigenvalue weighted by atomic mass is 10.2. The Labute approximate surface area is 188 Å². The normalized spacial score (nSPS) is 18.8. The Hall–Kier alpha value is -1.94. The second-order valence-electron chi connectivity index (χ2n) is 8.22. The fourth-order valence-electron chi connectivity index (χ4n) is 4.08. The number of hydrogen-bond donors (Lipinski definition) is 1. The molecule has 0 radical (unpaired) electrons. The van der Waals surface area contributed by atoms with Crippen molar-refractivity contribution in [3.05, 3.63) is 41.3 Å². The quantitative estimate of drug-likeness (QED) is 0.715. The first-order valence-electron chi connectivity index (χ1n) is 10.8. The number of rotatable bonds is 6. The van der Waals surface area contributed by atoms with Crippen molar-refractivity contribution in [3.63, 3.8) is 0 Å². The number of likely N-dealkylation sites (N-methyl/N-ethyl adjacent to an activating group) is 1. The molecular weight excluding hydrogens is 432 g/mol. The largest absolute Gasteiger partial charge is 0.367 e. The van der Waals surface area contributed by atoms with E-state index in [1.165, 1.54) is 11.3 Å². The molecule has 1 aromatic carbocycles. The minimum Gasteiger partial charge on any atom is -0.367 e. The Morgan fingerprint density at radius 3 is 2.42 bits per heavy atom. The average Bonchev–Trinajstić information content (AvgIpc) is 3.25. The van der Waals surface area contributed by atoms with Gasteiger partial charge in [0.05, 0.1) is 17.8 Å². The number of thiophene rings is 1. The van der Waals surface area contributed by atoms with Crippen LogP contribution in [0.3, 0.4) is 0 Å². The van der Waals surface area contributed by atoms with Crippen LogP contribution >= 0.6 is 11.3 Å². The van der Waals surface area contributed by atoms with Crippen molar-refractivity contribution < 1.29 is 13.2 Å². The van der Waals surface area contributed by atoms with E-state index in [1.54, 1.807) is 16.4 Å². The van der Waals surface area contributed by atoms with Crippen LogP contribution in [0.25, 0.3) is 0 Å². The van der Waals surface area contributed by atoms with Gasteiger partial charge < -0.3 is 15.1 Å². The molecule has 9 heteroatoms. The van der Waals surface area contributed by atoms with Gasteiger partial charge in [0.2, 0.25) is 5.91 Å². The van der Waals surface area contributed by atoms with Crippen molar-refractivity contribution in [2.75, 3.05) is 56.5 Å². The van der Waals surface area contributed by atoms with E-state index < -0.39 is 10.0 Å². The Bertz CT molecular complexity index is 1010. The van der Waals surface area contributed by atoms with Gasteiger partial charge in [-0.2, -0.15) is 4.31 Å². The van der Waals surface area contributed by atoms with E-state index in [0.29, 0.717) is 17.3 Å². The van der Waals surface area contributed by atoms with Crippen LogP contribution in [0.4, 0.5) is 11.4 Å². The molecule has 2 aliphatic rings. The molecule has 1 N–H and O–H groups in total. The monoisotopic (exact) mass is 462 g/mol. The van der Waals surface area contributed by atoms with Crippen LogP contribution in [0.2, 0.25) is 0 Å². The standard InChI is InChI=1S/C22H30N4O3S2/c1-24-13-15-25(16-14-24)20-8-4-3-7-19(20)23-21(27)17-18-9-10-22(30-18)31(28,29)26-11-5-2-6-12-26/h3-4,7-10H,2,5-6,11-17H2,1H3,(H,23,27). The molecule has 0 aliphatic carbocycles. The third-order valence-corrected chi connectivity index (χ3v) is 9.35. The predicted molar refractivity (Wildman–Crippen MR) is 125 cm³/mol. The smallest absolute Gasteiger partial charge is 0.252 e. The number of hydrogen-bond acceptors (Lipinski definition) is 6. The van der Waals surface area contributed by atoms with E-state index in [4.69, 9.17) is 0 Å². The molecular formula is C22H30N4O3S2. The highest BCUT2D eigenvalue weighted by molar-refractivity contribution is 7.91. The number of carbonyl (C=O) groups is 1. The van der Waals surface area contributed by atoms with Gasteiger partial charge in [-0.15, -0.1) is 11.3 Å². The van der Waals surface area contributed by atoms with Gasteiger partial charge in [-0.05, 0) is 44.2 Å². The van der Waals surface area contributed by atoms with Gasteiger partial charge in [0.25, 0.3) is 10.0 Å². The minimum atomic E-state index is -3.45. The second-order valence-corrected chi connectivity index (χ2v) is 11.6. The Morgan fingerprint density at radius 2 is 1.68 bits per heavy atom. The molecule has 7 nitrogen and oxygen atoms in total. The van der Waals surface area contributed by atoms with Crippen LogP contribution in [-0.2, 0) is 21.2 Å². The van der Waals surface area contributed by atoms with Crippen LogP contribution in [0.1, 0.15) is 24.1 Å². The molecule has 4 rings (SSSR count). The van der Waals surface area contributed by atoms with Gasteiger partial charge in [0.1, 0.15) is 4.21 Å². The van der Waals surface area contributed by atoms with Crippen molar-refractivity contribution >= 4 is 38.6 Å². The average molecular weight is 463 g/mol. The van der Waals surface area contributed by atoms with Crippen LogP contribution in [-0.4, -0.2) is 69.8 Å². The highest BCUT2D eigenvalue weighted by Gasteiger charge is 2.27. The summed E-state index contributed by atoms with van der Waals surface area (Å²) in [5.41, 5.74) is 1.83. The summed E-state index contributed by atoms with van der Waals surface area (Å²) in [5.74, 6) is -0.134. The molecule has 3 heterocycles. The predicted octanol–water partition coefficient (Wildman–Crippen LogP) is 2.86. The molecule has 0 saturated carbocycles. The maximum atomic E-state index is 12.8. The van der Waals surface area contributed by atoms with Gasteiger partial charge in [-0.3, -0.25) is 4.79 Å². The van der Waals surface area contributed by atoms with Gasteiger partial charge >= 0.3 is 0 Å². The summed E-state index contributed by atoms with van der Waals surface area (Å²) in [5, 5.41) is 3.03. The first-order valence-corrected chi connectivity index (χ1v) is 13.1. The van der Waals surface area contributed by atoms with Crippen molar-refractivity contribution in [2.24, 2.45) is 0 Å². The molecule has 168 valence electrons. The van der Waals surface area contributed by atoms with Crippen molar-refractivity contribution in [2.45, 2.75) is 29.9 Å². The number of nitrogens with one attached hydrogen (secondary N) is 1. The summed E-state index contributed by atoms with van der Waals surface area (Å²) >= 11 is 1.20. The van der Waals surface area contributed by atoms with Crippen LogP contribution in [0.5, 0.6) is 0 Å². The number of sulfonamides is 1. The second kappa shape index (κ2) is 9.68. The highest BCUT2D eigenvalue weighted by Crippen LogP contribution is 2.29. The van der Waals surface area contributed by atoms with Crippen molar-refractivity contribution in [3.8, 4) is 0 Å². The summed E-state index contributed by atoms with van der Waals surface area (Å²) in [7, 11) is -1.34. The zero-order valence-electron chi connectivity index (χ0n) is 17.9. The number of nitrogens with zero attached hydrogens (tertiary/aromatic N) is 3. The number of amides is 1. The molecule has 31 heavy (non-hydrogen) atoms. The molecule has 0 spiro atoms. The molecule has 0 atom stereocenters. The number of benzene rings is 1. The van der Waals surface area contributed by atoms with Gasteiger partial charge in [0, 0.05) is 44.1 Å². The molecule has 0 unspecified atom stereocenters. The van der Waals surface area contributed by atoms with E-state index in [9.17, 15) is 13.2 Å². The Kier molecular flexibility index (Phi) is 6.95. The summed E-state index contributed by atoms with van der Waals surface area (Å²) in [6.45, 7) is 4.99. The molecule has 2 fully saturated rings. The lowest BCUT2D eigenvalue weighted by molar-refractivity contribution is -0.115. The SMILES string of the molecule is CN1CCN(c2ccccc2NC(=O)Cc2ccc(S(=O)(=O)N3CCCCC3)s2)CC1. The van der Waals surface area contributed by atoms with Gasteiger partial charge in [-0.25, -0.2) is 8.42 Å². The van der Waals surface area contributed by atoms with Gasteiger partial charge in [0.15, 0.2) is 0 Å². The number of anilines is 2. The number of para-hydroxylation sites is 2. The summed E-state index contributed by atoms with van der Waals surface area (Å²) in [6, 6.07) is 11.3. The van der Waals surface area contributed by atoms with E-state index in [0.717, 1.165) is 61.7 Å². The molecule has 2 aromatic rings. The fourth-order valence-corrected chi connectivity index (χ4v) is 7.11. The molecule has 1 amide bonds. The zero-order chi connectivity index (χ0) is 21.8. The van der Waals surface area contributed by atoms with E-state index in [2.05, 4.69) is 22.2 Å². The van der Waals surface area contributed by atoms with Gasteiger partial charge in [-0.1, -0.05) is 18.6 Å². The van der Waals surface area contributed by atoms with Crippen LogP contribution in [0, 0.1) is 0 Å². The van der Waals surface area contributed by atoms with E-state index >= 15 is 0 Å². The Balaban J connectivity index is 1.41. The fraction of sp³-hybridized carbons (Fsp3) is 0.500. The topological polar surface area (TPSA) is 73.0 Å². The number of piperazine rings is 1. The van der Waals surface area contributed by atoms with Crippen molar-refractivity contribution in [1.29, 1.82) is 0 Å². The molecule has 1 aromatic heterocycles. The van der Waals surface area contributed by atoms with E-state index in [1.807, 2.05) is 24.3 Å². The zero-order valence-corrected chi connectivity index (χ0v) is 19.6. The summed E-state index contributed by atoms with van der Waals surface area (Å²) in [6.07, 6.45) is 3.06. The molecule has 2 aliphatic heterocycles. The first kappa shape index (κ1) is 22.3. The summed E-state index contributed by atoms with van der Waals surface area (Å²) < 4.78 is 27.6. The highest BCUT2D eigenvalue weighted by atomic mass is 32.2. The lowest BCUT2D eigenvalue weighted by Gasteiger charge is -2.35. The Morgan fingerprint density at radius 1 is 0.968 bits per heavy atom. The number of piperidine rings is 1. The van der Waals surface area contributed by atoms with Crippen LogP contribution in [0.15, 0.2) is 40.6 Å². The maximum Gasteiger partial charge on any atom is 0.252 e. The molecule has 2 saturated heterocycles. The maximum absolute atomic E-state index is 12.8. The third kappa shape index (κ3) is 5.28. The third-order valence-electron chi connectivity index (χ3n) is 5.90. The minimum absolute atomic E-state index is 0.134. The van der Waals surface area contributed by atoms with Crippen LogP contribution < -0.4 is 10.2 Å². The van der Waals surface area contributed by atoms with Crippen molar-refractivity contribution in [1.82, 2.24) is 9.21 Å². The molecule has 0 bridgehead atoms. The lowest BCUT2D eigenvalue weighted by Crippen LogP contribution is -2.44. The number of carbonyl (C=O) groups excluding carboxylic acids is 1. The first-order chi connectivity index (χ1) is 14.9. The van der Waals surface area contributed by atoms with E-state index in [-0.39, 0.29) is 12.3 Å².